The molecule has 0 nitrogen and oxygen atoms in total. The smallest absolute Gasteiger partial charge is 0.0162 e. The first-order chi connectivity index (χ1) is 17.1. The topological polar surface area (TPSA) is 0 Å². The molecule has 0 amide bonds. The molecule has 0 N–H and O–H groups in total. The zero-order valence-electron chi connectivity index (χ0n) is 23.9. The summed E-state index contributed by atoms with van der Waals surface area (Å²) >= 11 is 0. The molecule has 4 rings (SSSR count). The van der Waals surface area contributed by atoms with Crippen LogP contribution >= 0.6 is 0 Å². The molecule has 0 bridgehead atoms. The quantitative estimate of drug-likeness (QED) is 0.293. The van der Waals surface area contributed by atoms with Crippen LogP contribution in [0.5, 0.6) is 0 Å². The molecule has 0 heteroatoms. The molecule has 1 aromatic rings. The van der Waals surface area contributed by atoms with Crippen molar-refractivity contribution in [3.05, 3.63) is 35.4 Å². The Morgan fingerprint density at radius 2 is 1.17 bits per heavy atom. The minimum atomic E-state index is 0.731. The fourth-order valence-corrected chi connectivity index (χ4v) is 8.49. The summed E-state index contributed by atoms with van der Waals surface area (Å²) in [6.45, 7) is 9.86. The standard InChI is InChI=1S/C35H58/c1-5-7-8-9-29-12-16-34(17-13-29)35-24-22-33(23-25-35)27(4)32-20-18-31(19-21-32)26(3)30-14-10-28(6-2)11-15-30/h22-32,34H,5-21H2,1-4H3/t26?,27?,28?,29-,30?,31?,32?,34-. The molecule has 0 spiro atoms. The van der Waals surface area contributed by atoms with E-state index in [1.54, 1.807) is 11.1 Å². The van der Waals surface area contributed by atoms with Crippen molar-refractivity contribution in [2.24, 2.45) is 35.5 Å². The van der Waals surface area contributed by atoms with Gasteiger partial charge in [-0.1, -0.05) is 96.9 Å². The molecule has 0 heterocycles. The Labute approximate surface area is 219 Å². The lowest BCUT2D eigenvalue weighted by molar-refractivity contribution is 0.119. The molecule has 3 aliphatic carbocycles. The van der Waals surface area contributed by atoms with Gasteiger partial charge < -0.3 is 0 Å². The van der Waals surface area contributed by atoms with Gasteiger partial charge in [-0.2, -0.15) is 0 Å². The van der Waals surface area contributed by atoms with E-state index in [9.17, 15) is 0 Å². The maximum absolute atomic E-state index is 2.61. The highest BCUT2D eigenvalue weighted by molar-refractivity contribution is 5.28. The lowest BCUT2D eigenvalue weighted by Crippen LogP contribution is -2.29. The maximum atomic E-state index is 2.61. The molecule has 0 aliphatic heterocycles. The Hall–Kier alpha value is -0.780. The van der Waals surface area contributed by atoms with Crippen molar-refractivity contribution in [2.75, 3.05) is 0 Å². The normalized spacial score (nSPS) is 33.8. The largest absolute Gasteiger partial charge is 0.0654 e. The summed E-state index contributed by atoms with van der Waals surface area (Å²) in [7, 11) is 0. The summed E-state index contributed by atoms with van der Waals surface area (Å²) in [5, 5.41) is 0. The Kier molecular flexibility index (Phi) is 10.7. The molecule has 3 saturated carbocycles. The van der Waals surface area contributed by atoms with Gasteiger partial charge in [0.05, 0.1) is 0 Å². The SMILES string of the molecule is CCCCC[C@H]1CC[C@H](c2ccc(C(C)C3CCC(C(C)C4CCC(CC)CC4)CC3)cc2)CC1. The molecule has 0 aromatic heterocycles. The summed E-state index contributed by atoms with van der Waals surface area (Å²) in [6, 6.07) is 10.0. The highest BCUT2D eigenvalue weighted by atomic mass is 14.4. The molecule has 0 saturated heterocycles. The zero-order chi connectivity index (χ0) is 24.6. The van der Waals surface area contributed by atoms with Crippen LogP contribution in [0.15, 0.2) is 24.3 Å². The van der Waals surface area contributed by atoms with Crippen LogP contribution in [0, 0.1) is 35.5 Å². The molecule has 35 heavy (non-hydrogen) atoms. The first-order valence-electron chi connectivity index (χ1n) is 16.2. The molecular formula is C35H58. The van der Waals surface area contributed by atoms with E-state index in [0.29, 0.717) is 0 Å². The summed E-state index contributed by atoms with van der Waals surface area (Å²) < 4.78 is 0. The second-order valence-electron chi connectivity index (χ2n) is 13.4. The van der Waals surface area contributed by atoms with Crippen LogP contribution in [0.2, 0.25) is 0 Å². The van der Waals surface area contributed by atoms with Crippen LogP contribution < -0.4 is 0 Å². The molecular weight excluding hydrogens is 420 g/mol. The lowest BCUT2D eigenvalue weighted by atomic mass is 9.65. The van der Waals surface area contributed by atoms with E-state index in [1.165, 1.54) is 109 Å². The molecule has 2 unspecified atom stereocenters. The fourth-order valence-electron chi connectivity index (χ4n) is 8.49. The van der Waals surface area contributed by atoms with Crippen LogP contribution in [0.25, 0.3) is 0 Å². The van der Waals surface area contributed by atoms with E-state index in [-0.39, 0.29) is 0 Å². The molecule has 1 aromatic carbocycles. The first-order valence-corrected chi connectivity index (χ1v) is 16.2. The molecule has 3 aliphatic rings. The van der Waals surface area contributed by atoms with Crippen molar-refractivity contribution < 1.29 is 0 Å². The van der Waals surface area contributed by atoms with Crippen molar-refractivity contribution >= 4 is 0 Å². The first kappa shape index (κ1) is 27.3. The van der Waals surface area contributed by atoms with Crippen LogP contribution in [0.1, 0.15) is 160 Å². The lowest BCUT2D eigenvalue weighted by Gasteiger charge is -2.40. The number of hydrogen-bond acceptors (Lipinski definition) is 0. The third kappa shape index (κ3) is 7.38. The second-order valence-corrected chi connectivity index (χ2v) is 13.4. The molecule has 0 radical (unpaired) electrons. The monoisotopic (exact) mass is 478 g/mol. The van der Waals surface area contributed by atoms with Crippen molar-refractivity contribution in [3.63, 3.8) is 0 Å². The summed E-state index contributed by atoms with van der Waals surface area (Å²) in [5.41, 5.74) is 3.24. The Morgan fingerprint density at radius 3 is 1.74 bits per heavy atom. The van der Waals surface area contributed by atoms with Crippen molar-refractivity contribution in [1.29, 1.82) is 0 Å². The van der Waals surface area contributed by atoms with Crippen LogP contribution in [0.3, 0.4) is 0 Å². The van der Waals surface area contributed by atoms with E-state index in [1.807, 2.05) is 0 Å². The van der Waals surface area contributed by atoms with Gasteiger partial charge in [-0.25, -0.2) is 0 Å². The third-order valence-electron chi connectivity index (χ3n) is 11.5. The highest BCUT2D eigenvalue weighted by Crippen LogP contribution is 2.45. The molecule has 2 atom stereocenters. The predicted octanol–water partition coefficient (Wildman–Crippen LogP) is 11.3. The number of hydrogen-bond donors (Lipinski definition) is 0. The van der Waals surface area contributed by atoms with Gasteiger partial charge in [0.1, 0.15) is 0 Å². The van der Waals surface area contributed by atoms with Gasteiger partial charge in [-0.15, -0.1) is 0 Å². The van der Waals surface area contributed by atoms with Gasteiger partial charge in [0, 0.05) is 0 Å². The van der Waals surface area contributed by atoms with Crippen molar-refractivity contribution in [3.8, 4) is 0 Å². The average Bonchev–Trinajstić information content (AvgIpc) is 2.93. The van der Waals surface area contributed by atoms with E-state index in [2.05, 4.69) is 52.0 Å². The van der Waals surface area contributed by atoms with Crippen LogP contribution in [-0.4, -0.2) is 0 Å². The average molecular weight is 479 g/mol. The zero-order valence-corrected chi connectivity index (χ0v) is 23.9. The van der Waals surface area contributed by atoms with Crippen LogP contribution in [0.4, 0.5) is 0 Å². The predicted molar refractivity (Wildman–Crippen MR) is 154 cm³/mol. The van der Waals surface area contributed by atoms with Gasteiger partial charge in [-0.3, -0.25) is 0 Å². The van der Waals surface area contributed by atoms with Gasteiger partial charge >= 0.3 is 0 Å². The van der Waals surface area contributed by atoms with Crippen molar-refractivity contribution in [2.45, 2.75) is 149 Å². The summed E-state index contributed by atoms with van der Waals surface area (Å²) in [5.74, 6) is 7.50. The highest BCUT2D eigenvalue weighted by Gasteiger charge is 2.33. The Morgan fingerprint density at radius 1 is 0.629 bits per heavy atom. The third-order valence-corrected chi connectivity index (χ3v) is 11.5. The minimum Gasteiger partial charge on any atom is -0.0654 e. The Balaban J connectivity index is 1.21. The number of rotatable bonds is 10. The van der Waals surface area contributed by atoms with Gasteiger partial charge in [-0.05, 0) is 123 Å². The van der Waals surface area contributed by atoms with E-state index in [4.69, 9.17) is 0 Å². The number of unbranched alkanes of at least 4 members (excludes halogenated alkanes) is 2. The van der Waals surface area contributed by atoms with E-state index < -0.39 is 0 Å². The molecule has 3 fully saturated rings. The summed E-state index contributed by atoms with van der Waals surface area (Å²) in [6.07, 6.45) is 24.9. The fraction of sp³-hybridized carbons (Fsp3) is 0.829. The number of benzene rings is 1. The van der Waals surface area contributed by atoms with Crippen molar-refractivity contribution in [1.82, 2.24) is 0 Å². The van der Waals surface area contributed by atoms with Gasteiger partial charge in [0.2, 0.25) is 0 Å². The summed E-state index contributed by atoms with van der Waals surface area (Å²) in [4.78, 5) is 0. The van der Waals surface area contributed by atoms with Gasteiger partial charge in [0.25, 0.3) is 0 Å². The molecule has 198 valence electrons. The van der Waals surface area contributed by atoms with Crippen LogP contribution in [-0.2, 0) is 0 Å². The second kappa shape index (κ2) is 13.7. The van der Waals surface area contributed by atoms with E-state index >= 15 is 0 Å². The maximum Gasteiger partial charge on any atom is -0.0162 e. The van der Waals surface area contributed by atoms with Gasteiger partial charge in [0.15, 0.2) is 0 Å². The minimum absolute atomic E-state index is 0.731. The van der Waals surface area contributed by atoms with E-state index in [0.717, 1.165) is 47.3 Å². The Bertz CT molecular complexity index is 692.